The van der Waals surface area contributed by atoms with Crippen LogP contribution >= 0.6 is 0 Å². The molecule has 2 rings (SSSR count). The largest absolute Gasteiger partial charge is 0.373 e. The Morgan fingerprint density at radius 3 is 2.94 bits per heavy atom. The summed E-state index contributed by atoms with van der Waals surface area (Å²) in [6.45, 7) is 4.45. The van der Waals surface area contributed by atoms with Gasteiger partial charge in [0.05, 0.1) is 0 Å². The van der Waals surface area contributed by atoms with Crippen LogP contribution < -0.4 is 10.2 Å². The van der Waals surface area contributed by atoms with Gasteiger partial charge in [0, 0.05) is 25.3 Å². The van der Waals surface area contributed by atoms with E-state index in [0.717, 1.165) is 6.54 Å². The molecule has 1 aliphatic heterocycles. The zero-order valence-electron chi connectivity index (χ0n) is 10.4. The highest BCUT2D eigenvalue weighted by Gasteiger charge is 2.14. The Labute approximate surface area is 98.7 Å². The minimum absolute atomic E-state index is 0.666. The Morgan fingerprint density at radius 2 is 2.25 bits per heavy atom. The summed E-state index contributed by atoms with van der Waals surface area (Å²) in [5, 5.41) is 3.59. The second kappa shape index (κ2) is 5.35. The number of likely N-dealkylation sites (N-methyl/N-ethyl adjacent to an activating group) is 1. The molecule has 16 heavy (non-hydrogen) atoms. The fraction of sp³-hybridized carbons (Fsp3) is 0.571. The number of piperidine rings is 1. The molecule has 0 aliphatic carbocycles. The maximum absolute atomic E-state index is 3.59. The summed E-state index contributed by atoms with van der Waals surface area (Å²) in [4.78, 5) is 2.36. The molecule has 2 heteroatoms. The number of rotatable bonds is 3. The Balaban J connectivity index is 1.94. The summed E-state index contributed by atoms with van der Waals surface area (Å²) in [6.07, 6.45) is 4.03. The van der Waals surface area contributed by atoms with E-state index in [1.807, 2.05) is 0 Å². The molecule has 1 aromatic carbocycles. The van der Waals surface area contributed by atoms with Gasteiger partial charge in [-0.1, -0.05) is 18.6 Å². The van der Waals surface area contributed by atoms with Crippen molar-refractivity contribution in [3.63, 3.8) is 0 Å². The van der Waals surface area contributed by atoms with Crippen molar-refractivity contribution in [1.82, 2.24) is 5.32 Å². The highest BCUT2D eigenvalue weighted by Crippen LogP contribution is 2.16. The van der Waals surface area contributed by atoms with E-state index in [4.69, 9.17) is 0 Å². The van der Waals surface area contributed by atoms with Gasteiger partial charge < -0.3 is 10.2 Å². The summed E-state index contributed by atoms with van der Waals surface area (Å²) < 4.78 is 0. The third-order valence-electron chi connectivity index (χ3n) is 3.35. The van der Waals surface area contributed by atoms with Crippen molar-refractivity contribution in [1.29, 1.82) is 0 Å². The first kappa shape index (κ1) is 11.5. The predicted molar refractivity (Wildman–Crippen MR) is 70.1 cm³/mol. The number of hydrogen-bond donors (Lipinski definition) is 1. The highest BCUT2D eigenvalue weighted by atomic mass is 15.1. The molecule has 0 bridgehead atoms. The third-order valence-corrected chi connectivity index (χ3v) is 3.35. The molecule has 0 aromatic heterocycles. The fourth-order valence-corrected chi connectivity index (χ4v) is 2.38. The molecule has 1 heterocycles. The first-order chi connectivity index (χ1) is 7.75. The average molecular weight is 218 g/mol. The second-order valence-electron chi connectivity index (χ2n) is 4.87. The maximum Gasteiger partial charge on any atom is 0.0366 e. The number of hydrogen-bond acceptors (Lipinski definition) is 2. The normalized spacial score (nSPS) is 20.8. The fourth-order valence-electron chi connectivity index (χ4n) is 2.38. The van der Waals surface area contributed by atoms with Crippen LogP contribution in [0.5, 0.6) is 0 Å². The molecule has 0 saturated carbocycles. The molecular formula is C14H22N2. The molecule has 1 N–H and O–H groups in total. The van der Waals surface area contributed by atoms with E-state index in [1.165, 1.54) is 37.1 Å². The van der Waals surface area contributed by atoms with Gasteiger partial charge in [0.15, 0.2) is 0 Å². The molecule has 1 atom stereocenters. The van der Waals surface area contributed by atoms with Gasteiger partial charge in [0.2, 0.25) is 0 Å². The molecule has 0 radical (unpaired) electrons. The van der Waals surface area contributed by atoms with Gasteiger partial charge in [-0.3, -0.25) is 0 Å². The highest BCUT2D eigenvalue weighted by molar-refractivity contribution is 5.47. The van der Waals surface area contributed by atoms with Gasteiger partial charge in [-0.05, 0) is 44.0 Å². The summed E-state index contributed by atoms with van der Waals surface area (Å²) in [6, 6.07) is 9.39. The number of nitrogens with one attached hydrogen (secondary N) is 1. The Bertz CT molecular complexity index is 329. The Morgan fingerprint density at radius 1 is 1.38 bits per heavy atom. The molecule has 1 saturated heterocycles. The van der Waals surface area contributed by atoms with Crippen LogP contribution in [0.2, 0.25) is 0 Å². The number of aryl methyl sites for hydroxylation is 1. The summed E-state index contributed by atoms with van der Waals surface area (Å²) in [5.74, 6) is 0. The topological polar surface area (TPSA) is 15.3 Å². The predicted octanol–water partition coefficient (Wildman–Crippen LogP) is 2.57. The zero-order valence-corrected chi connectivity index (χ0v) is 10.4. The van der Waals surface area contributed by atoms with Crippen molar-refractivity contribution in [2.45, 2.75) is 32.2 Å². The van der Waals surface area contributed by atoms with E-state index in [-0.39, 0.29) is 0 Å². The molecule has 1 aliphatic rings. The SMILES string of the molecule is Cc1cccc(N(C)CC2CCCCN2)c1. The number of benzene rings is 1. The van der Waals surface area contributed by atoms with Gasteiger partial charge in [0.25, 0.3) is 0 Å². The maximum atomic E-state index is 3.59. The van der Waals surface area contributed by atoms with Crippen LogP contribution in [0, 0.1) is 6.92 Å². The molecule has 1 fully saturated rings. The standard InChI is InChI=1S/C14H22N2/c1-12-6-5-8-14(10-12)16(2)11-13-7-3-4-9-15-13/h5-6,8,10,13,15H,3-4,7,9,11H2,1-2H3. The lowest BCUT2D eigenvalue weighted by atomic mass is 10.0. The molecule has 88 valence electrons. The lowest BCUT2D eigenvalue weighted by molar-refractivity contribution is 0.403. The molecule has 2 nitrogen and oxygen atoms in total. The average Bonchev–Trinajstić information content (AvgIpc) is 2.30. The first-order valence-corrected chi connectivity index (χ1v) is 6.27. The van der Waals surface area contributed by atoms with Gasteiger partial charge in [0.1, 0.15) is 0 Å². The lowest BCUT2D eigenvalue weighted by Gasteiger charge is -2.29. The third kappa shape index (κ3) is 2.99. The van der Waals surface area contributed by atoms with Crippen molar-refractivity contribution in [2.75, 3.05) is 25.0 Å². The smallest absolute Gasteiger partial charge is 0.0366 e. The molecule has 1 aromatic rings. The second-order valence-corrected chi connectivity index (χ2v) is 4.87. The van der Waals surface area contributed by atoms with Crippen molar-refractivity contribution in [3.8, 4) is 0 Å². The summed E-state index contributed by atoms with van der Waals surface area (Å²) in [5.41, 5.74) is 2.66. The van der Waals surface area contributed by atoms with Gasteiger partial charge >= 0.3 is 0 Å². The van der Waals surface area contributed by atoms with Crippen LogP contribution in [0.1, 0.15) is 24.8 Å². The van der Waals surface area contributed by atoms with Crippen LogP contribution in [-0.4, -0.2) is 26.2 Å². The van der Waals surface area contributed by atoms with Gasteiger partial charge in [-0.25, -0.2) is 0 Å². The first-order valence-electron chi connectivity index (χ1n) is 6.27. The molecular weight excluding hydrogens is 196 g/mol. The van der Waals surface area contributed by atoms with Crippen molar-refractivity contribution in [3.05, 3.63) is 29.8 Å². The lowest BCUT2D eigenvalue weighted by Crippen LogP contribution is -2.42. The quantitative estimate of drug-likeness (QED) is 0.839. The number of anilines is 1. The minimum Gasteiger partial charge on any atom is -0.373 e. The van der Waals surface area contributed by atoms with E-state index in [9.17, 15) is 0 Å². The Kier molecular flexibility index (Phi) is 3.83. The van der Waals surface area contributed by atoms with Crippen molar-refractivity contribution >= 4 is 5.69 Å². The number of nitrogens with zero attached hydrogens (tertiary/aromatic N) is 1. The van der Waals surface area contributed by atoms with E-state index >= 15 is 0 Å². The van der Waals surface area contributed by atoms with E-state index < -0.39 is 0 Å². The van der Waals surface area contributed by atoms with Crippen LogP contribution in [0.4, 0.5) is 5.69 Å². The summed E-state index contributed by atoms with van der Waals surface area (Å²) in [7, 11) is 2.19. The van der Waals surface area contributed by atoms with Crippen LogP contribution in [0.15, 0.2) is 24.3 Å². The van der Waals surface area contributed by atoms with E-state index in [1.54, 1.807) is 0 Å². The zero-order chi connectivity index (χ0) is 11.4. The Hall–Kier alpha value is -1.02. The van der Waals surface area contributed by atoms with Crippen molar-refractivity contribution in [2.24, 2.45) is 0 Å². The summed E-state index contributed by atoms with van der Waals surface area (Å²) >= 11 is 0. The van der Waals surface area contributed by atoms with Gasteiger partial charge in [-0.15, -0.1) is 0 Å². The van der Waals surface area contributed by atoms with Crippen LogP contribution in [0.3, 0.4) is 0 Å². The van der Waals surface area contributed by atoms with E-state index in [2.05, 4.69) is 48.5 Å². The molecule has 1 unspecified atom stereocenters. The molecule has 0 spiro atoms. The van der Waals surface area contributed by atoms with E-state index in [0.29, 0.717) is 6.04 Å². The van der Waals surface area contributed by atoms with Crippen LogP contribution in [0.25, 0.3) is 0 Å². The minimum atomic E-state index is 0.666. The monoisotopic (exact) mass is 218 g/mol. The van der Waals surface area contributed by atoms with Gasteiger partial charge in [-0.2, -0.15) is 0 Å². The van der Waals surface area contributed by atoms with Crippen molar-refractivity contribution < 1.29 is 0 Å². The molecule has 0 amide bonds. The van der Waals surface area contributed by atoms with Crippen LogP contribution in [-0.2, 0) is 0 Å².